The number of fused-ring (bicyclic) bond motifs is 1. The van der Waals surface area contributed by atoms with Crippen LogP contribution in [0.1, 0.15) is 45.4 Å². The van der Waals surface area contributed by atoms with Crippen molar-refractivity contribution in [1.29, 1.82) is 0 Å². The fourth-order valence-electron chi connectivity index (χ4n) is 3.11. The molecule has 0 aliphatic rings. The Balaban J connectivity index is 1.60. The Labute approximate surface area is 155 Å². The van der Waals surface area contributed by atoms with Crippen LogP contribution >= 0.6 is 0 Å². The monoisotopic (exact) mass is 351 g/mol. The van der Waals surface area contributed by atoms with Gasteiger partial charge in [0.1, 0.15) is 5.75 Å². The summed E-state index contributed by atoms with van der Waals surface area (Å²) in [5.41, 5.74) is 1.56. The highest BCUT2D eigenvalue weighted by Crippen LogP contribution is 2.26. The fraction of sp³-hybridized carbons (Fsp3) is 0.348. The molecule has 3 heteroatoms. The minimum absolute atomic E-state index is 0.457. The maximum Gasteiger partial charge on any atom is 0.213 e. The van der Waals surface area contributed by atoms with Crippen molar-refractivity contribution in [2.45, 2.75) is 45.4 Å². The van der Waals surface area contributed by atoms with Crippen LogP contribution in [0.2, 0.25) is 0 Å². The molecule has 3 aromatic rings. The molecule has 2 aromatic carbocycles. The van der Waals surface area contributed by atoms with E-state index in [0.717, 1.165) is 35.1 Å². The summed E-state index contributed by atoms with van der Waals surface area (Å²) in [4.78, 5) is 3.95. The largest absolute Gasteiger partial charge is 0.494 e. The van der Waals surface area contributed by atoms with Gasteiger partial charge in [-0.1, -0.05) is 63.3 Å². The van der Waals surface area contributed by atoms with Crippen molar-refractivity contribution in [2.75, 3.05) is 6.61 Å². The fourth-order valence-corrected chi connectivity index (χ4v) is 3.11. The molecule has 0 spiro atoms. The van der Waals surface area contributed by atoms with Crippen LogP contribution in [0.5, 0.6) is 5.75 Å². The third-order valence-electron chi connectivity index (χ3n) is 4.59. The van der Waals surface area contributed by atoms with Gasteiger partial charge in [0, 0.05) is 5.56 Å². The van der Waals surface area contributed by atoms with Crippen LogP contribution in [0, 0.1) is 5.95 Å². The molecular weight excluding hydrogens is 325 g/mol. The van der Waals surface area contributed by atoms with Crippen molar-refractivity contribution < 1.29 is 9.13 Å². The Morgan fingerprint density at radius 2 is 1.62 bits per heavy atom. The van der Waals surface area contributed by atoms with Crippen molar-refractivity contribution in [1.82, 2.24) is 4.98 Å². The van der Waals surface area contributed by atoms with Gasteiger partial charge in [0.15, 0.2) is 0 Å². The van der Waals surface area contributed by atoms with Gasteiger partial charge in [-0.3, -0.25) is 0 Å². The molecule has 26 heavy (non-hydrogen) atoms. The quantitative estimate of drug-likeness (QED) is 0.313. The SMILES string of the molecule is CCCCCCCCOc1ccc2cc(-c3cccc(F)n3)ccc2c1. The molecule has 0 aliphatic carbocycles. The van der Waals surface area contributed by atoms with Crippen molar-refractivity contribution in [3.8, 4) is 17.0 Å². The van der Waals surface area contributed by atoms with Crippen molar-refractivity contribution >= 4 is 10.8 Å². The molecule has 0 N–H and O–H groups in total. The first kappa shape index (κ1) is 18.4. The normalized spacial score (nSPS) is 11.0. The Morgan fingerprint density at radius 3 is 2.46 bits per heavy atom. The molecular formula is C23H26FNO. The summed E-state index contributed by atoms with van der Waals surface area (Å²) in [6.45, 7) is 3.00. The van der Waals surface area contributed by atoms with Gasteiger partial charge in [-0.05, 0) is 47.5 Å². The van der Waals surface area contributed by atoms with Gasteiger partial charge in [0.2, 0.25) is 5.95 Å². The number of hydrogen-bond acceptors (Lipinski definition) is 2. The number of pyridine rings is 1. The van der Waals surface area contributed by atoms with Gasteiger partial charge < -0.3 is 4.74 Å². The van der Waals surface area contributed by atoms with E-state index in [2.05, 4.69) is 24.0 Å². The summed E-state index contributed by atoms with van der Waals surface area (Å²) in [6, 6.07) is 17.0. The Hall–Kier alpha value is -2.42. The van der Waals surface area contributed by atoms with E-state index in [-0.39, 0.29) is 0 Å². The Kier molecular flexibility index (Phi) is 6.59. The zero-order chi connectivity index (χ0) is 18.2. The summed E-state index contributed by atoms with van der Waals surface area (Å²) < 4.78 is 19.2. The second kappa shape index (κ2) is 9.33. The molecule has 0 radical (unpaired) electrons. The minimum Gasteiger partial charge on any atom is -0.494 e. The van der Waals surface area contributed by atoms with Crippen molar-refractivity contribution in [3.05, 3.63) is 60.5 Å². The summed E-state index contributed by atoms with van der Waals surface area (Å²) >= 11 is 0. The molecule has 0 aliphatic heterocycles. The van der Waals surface area contributed by atoms with Gasteiger partial charge in [0.25, 0.3) is 0 Å². The Morgan fingerprint density at radius 1 is 0.846 bits per heavy atom. The van der Waals surface area contributed by atoms with Crippen molar-refractivity contribution in [3.63, 3.8) is 0 Å². The van der Waals surface area contributed by atoms with Crippen LogP contribution in [-0.2, 0) is 0 Å². The molecule has 0 fully saturated rings. The first-order valence-corrected chi connectivity index (χ1v) is 9.56. The van der Waals surface area contributed by atoms with E-state index in [1.165, 1.54) is 38.2 Å². The number of halogens is 1. The van der Waals surface area contributed by atoms with Gasteiger partial charge in [-0.2, -0.15) is 4.39 Å². The van der Waals surface area contributed by atoms with Gasteiger partial charge in [-0.15, -0.1) is 0 Å². The van der Waals surface area contributed by atoms with E-state index in [1.807, 2.05) is 30.3 Å². The number of benzene rings is 2. The molecule has 0 bridgehead atoms. The lowest BCUT2D eigenvalue weighted by molar-refractivity contribution is 0.305. The maximum absolute atomic E-state index is 13.3. The topological polar surface area (TPSA) is 22.1 Å². The highest BCUT2D eigenvalue weighted by Gasteiger charge is 2.04. The van der Waals surface area contributed by atoms with E-state index in [9.17, 15) is 4.39 Å². The lowest BCUT2D eigenvalue weighted by Gasteiger charge is -2.08. The average Bonchev–Trinajstić information content (AvgIpc) is 2.67. The summed E-state index contributed by atoms with van der Waals surface area (Å²) in [7, 11) is 0. The molecule has 0 amide bonds. The number of hydrogen-bond donors (Lipinski definition) is 0. The molecule has 3 rings (SSSR count). The second-order valence-corrected chi connectivity index (χ2v) is 6.69. The van der Waals surface area contributed by atoms with Crippen LogP contribution < -0.4 is 4.74 Å². The molecule has 0 saturated heterocycles. The predicted molar refractivity (Wildman–Crippen MR) is 106 cm³/mol. The smallest absolute Gasteiger partial charge is 0.213 e. The summed E-state index contributed by atoms with van der Waals surface area (Å²) in [6.07, 6.45) is 7.58. The molecule has 136 valence electrons. The minimum atomic E-state index is -0.457. The number of ether oxygens (including phenoxy) is 1. The van der Waals surface area contributed by atoms with Crippen LogP contribution in [0.3, 0.4) is 0 Å². The average molecular weight is 351 g/mol. The number of unbranched alkanes of at least 4 members (excludes halogenated alkanes) is 5. The van der Waals surface area contributed by atoms with E-state index in [4.69, 9.17) is 4.74 Å². The van der Waals surface area contributed by atoms with Crippen LogP contribution in [0.25, 0.3) is 22.0 Å². The molecule has 1 aromatic heterocycles. The zero-order valence-electron chi connectivity index (χ0n) is 15.4. The third-order valence-corrected chi connectivity index (χ3v) is 4.59. The molecule has 1 heterocycles. The number of rotatable bonds is 9. The van der Waals surface area contributed by atoms with E-state index < -0.39 is 5.95 Å². The second-order valence-electron chi connectivity index (χ2n) is 6.69. The van der Waals surface area contributed by atoms with Crippen LogP contribution in [0.15, 0.2) is 54.6 Å². The first-order valence-electron chi connectivity index (χ1n) is 9.56. The maximum atomic E-state index is 13.3. The van der Waals surface area contributed by atoms with Crippen LogP contribution in [-0.4, -0.2) is 11.6 Å². The Bertz CT molecular complexity index is 846. The first-order chi connectivity index (χ1) is 12.8. The van der Waals surface area contributed by atoms with E-state index >= 15 is 0 Å². The lowest BCUT2D eigenvalue weighted by Crippen LogP contribution is -1.97. The zero-order valence-corrected chi connectivity index (χ0v) is 15.4. The van der Waals surface area contributed by atoms with Crippen molar-refractivity contribution in [2.24, 2.45) is 0 Å². The standard InChI is InChI=1S/C23H26FNO/c1-2-3-4-5-6-7-15-26-21-14-13-18-16-20(12-11-19(18)17-21)22-9-8-10-23(24)25-22/h8-14,16-17H,2-7,15H2,1H3. The van der Waals surface area contributed by atoms with E-state index in [0.29, 0.717) is 5.69 Å². The van der Waals surface area contributed by atoms with Gasteiger partial charge in [0.05, 0.1) is 12.3 Å². The molecule has 2 nitrogen and oxygen atoms in total. The van der Waals surface area contributed by atoms with Gasteiger partial charge >= 0.3 is 0 Å². The number of aromatic nitrogens is 1. The summed E-state index contributed by atoms with van der Waals surface area (Å²) in [5, 5.41) is 2.21. The summed E-state index contributed by atoms with van der Waals surface area (Å²) in [5.74, 6) is 0.448. The highest BCUT2D eigenvalue weighted by atomic mass is 19.1. The van der Waals surface area contributed by atoms with E-state index in [1.54, 1.807) is 6.07 Å². The molecule has 0 saturated carbocycles. The molecule has 0 unspecified atom stereocenters. The lowest BCUT2D eigenvalue weighted by atomic mass is 10.0. The third kappa shape index (κ3) is 5.04. The highest BCUT2D eigenvalue weighted by molar-refractivity contribution is 5.87. The molecule has 0 atom stereocenters. The number of nitrogens with zero attached hydrogens (tertiary/aromatic N) is 1. The van der Waals surface area contributed by atoms with Gasteiger partial charge in [-0.25, -0.2) is 4.98 Å². The predicted octanol–water partition coefficient (Wildman–Crippen LogP) is 6.78. The van der Waals surface area contributed by atoms with Crippen LogP contribution in [0.4, 0.5) is 4.39 Å².